The number of rotatable bonds is 1. The smallest absolute Gasteiger partial charge is 0.211 e. The van der Waals surface area contributed by atoms with Crippen LogP contribution in [0.3, 0.4) is 0 Å². The van der Waals surface area contributed by atoms with Crippen molar-refractivity contribution in [3.05, 3.63) is 29.8 Å². The van der Waals surface area contributed by atoms with Crippen molar-refractivity contribution in [2.24, 2.45) is 0 Å². The van der Waals surface area contributed by atoms with Crippen LogP contribution in [0.15, 0.2) is 29.2 Å². The molecule has 2 N–H and O–H groups in total. The molecule has 1 aromatic carbocycles. The van der Waals surface area contributed by atoms with Crippen LogP contribution >= 0.6 is 0 Å². The van der Waals surface area contributed by atoms with E-state index in [0.29, 0.717) is 4.90 Å². The third kappa shape index (κ3) is 2.06. The molecule has 11 heavy (non-hydrogen) atoms. The Morgan fingerprint density at radius 2 is 1.82 bits per heavy atom. The van der Waals surface area contributed by atoms with Gasteiger partial charge in [-0.05, 0) is 19.1 Å². The summed E-state index contributed by atoms with van der Waals surface area (Å²) in [6.07, 6.45) is 0. The Bertz CT molecular complexity index is 335. The summed E-state index contributed by atoms with van der Waals surface area (Å²) in [7, 11) is -2.77. The Labute approximate surface area is 66.7 Å². The number of hydrogen-bond donors (Lipinski definition) is 0. The van der Waals surface area contributed by atoms with Gasteiger partial charge in [-0.3, -0.25) is 0 Å². The lowest BCUT2D eigenvalue weighted by Gasteiger charge is -1.96. The molecule has 0 fully saturated rings. The minimum Gasteiger partial charge on any atom is -0.359 e. The molecule has 1 rings (SSSR count). The van der Waals surface area contributed by atoms with Gasteiger partial charge in [-0.15, -0.1) is 0 Å². The zero-order chi connectivity index (χ0) is 8.48. The molecule has 1 unspecified atom stereocenters. The van der Waals surface area contributed by atoms with E-state index < -0.39 is 9.80 Å². The minimum absolute atomic E-state index is 0.489. The topological polar surface area (TPSA) is 40.0 Å². The highest BCUT2D eigenvalue weighted by Gasteiger charge is 2.04. The highest BCUT2D eigenvalue weighted by molar-refractivity contribution is 7.95. The fourth-order valence-electron chi connectivity index (χ4n) is 0.758. The summed E-state index contributed by atoms with van der Waals surface area (Å²) in [6, 6.07) is 7.01. The monoisotopic (exact) mass is 171 g/mol. The Kier molecular flexibility index (Phi) is 2.02. The average molecular weight is 171 g/mol. The van der Waals surface area contributed by atoms with E-state index in [1.807, 2.05) is 19.1 Å². The van der Waals surface area contributed by atoms with Gasteiger partial charge in [-0.2, -0.15) is 4.21 Å². The zero-order valence-electron chi connectivity index (χ0n) is 6.33. The molecule has 1 aromatic rings. The molecule has 0 saturated heterocycles. The maximum Gasteiger partial charge on any atom is 0.211 e. The van der Waals surface area contributed by atoms with E-state index in [9.17, 15) is 4.21 Å². The van der Waals surface area contributed by atoms with Crippen LogP contribution < -0.4 is 0 Å². The Hall–Kier alpha value is -0.800. The van der Waals surface area contributed by atoms with Gasteiger partial charge in [0.05, 0.1) is 0 Å². The lowest BCUT2D eigenvalue weighted by Crippen LogP contribution is -1.96. The molecular weight excluding hydrogens is 160 g/mol. The Balaban J connectivity index is 3.20. The first kappa shape index (κ1) is 8.30. The van der Waals surface area contributed by atoms with Crippen LogP contribution in [0, 0.1) is 6.92 Å². The minimum atomic E-state index is -2.77. The predicted molar refractivity (Wildman–Crippen MR) is 48.3 cm³/mol. The highest BCUT2D eigenvalue weighted by atomic mass is 32.2. The molecule has 2 nitrogen and oxygen atoms in total. The van der Waals surface area contributed by atoms with Gasteiger partial charge >= 0.3 is 0 Å². The molecule has 1 atom stereocenters. The molecular formula is C8H11O2S+. The van der Waals surface area contributed by atoms with E-state index in [1.54, 1.807) is 12.1 Å². The summed E-state index contributed by atoms with van der Waals surface area (Å²) in [5.74, 6) is 3.26. The second-order valence-electron chi connectivity index (χ2n) is 2.49. The maximum atomic E-state index is 11.1. The predicted octanol–water partition coefficient (Wildman–Crippen LogP) is 0.710. The second kappa shape index (κ2) is 2.68. The molecule has 60 valence electrons. The Morgan fingerprint density at radius 3 is 2.18 bits per heavy atom. The average Bonchev–Trinajstić information content (AvgIpc) is 1.86. The van der Waals surface area contributed by atoms with Gasteiger partial charge in [-0.25, -0.2) is 0 Å². The fraction of sp³-hybridized carbons (Fsp3) is 0.125. The van der Waals surface area contributed by atoms with Crippen LogP contribution in [0.5, 0.6) is 0 Å². The first-order valence-corrected chi connectivity index (χ1v) is 4.91. The summed E-state index contributed by atoms with van der Waals surface area (Å²) in [6.45, 7) is 1.94. The fourth-order valence-corrected chi connectivity index (χ4v) is 1.33. The standard InChI is InChI=1S/C8H10O2S/c1-7-3-5-8(6-4-7)11(2,9)10/h3-6H,2H2,1H3,(H,9,10)/p+1. The largest absolute Gasteiger partial charge is 0.359 e. The highest BCUT2D eigenvalue weighted by Crippen LogP contribution is 2.08. The van der Waals surface area contributed by atoms with Crippen LogP contribution in [0.4, 0.5) is 0 Å². The van der Waals surface area contributed by atoms with Crippen LogP contribution in [-0.4, -0.2) is 14.6 Å². The van der Waals surface area contributed by atoms with Crippen molar-refractivity contribution < 1.29 is 8.76 Å². The van der Waals surface area contributed by atoms with Gasteiger partial charge in [0.25, 0.3) is 0 Å². The van der Waals surface area contributed by atoms with Crippen molar-refractivity contribution >= 4 is 15.7 Å². The maximum absolute atomic E-state index is 11.1. The van der Waals surface area contributed by atoms with E-state index in [4.69, 9.17) is 4.55 Å². The van der Waals surface area contributed by atoms with Gasteiger partial charge in [-0.1, -0.05) is 17.7 Å². The van der Waals surface area contributed by atoms with Gasteiger partial charge < -0.3 is 4.55 Å². The van der Waals surface area contributed by atoms with Gasteiger partial charge in [0.15, 0.2) is 0 Å². The first-order valence-electron chi connectivity index (χ1n) is 3.18. The van der Waals surface area contributed by atoms with Crippen molar-refractivity contribution in [2.45, 2.75) is 11.8 Å². The van der Waals surface area contributed by atoms with Gasteiger partial charge in [0.2, 0.25) is 9.80 Å². The lowest BCUT2D eigenvalue weighted by atomic mass is 10.2. The van der Waals surface area contributed by atoms with E-state index in [-0.39, 0.29) is 0 Å². The van der Waals surface area contributed by atoms with Crippen molar-refractivity contribution in [2.75, 3.05) is 0 Å². The molecule has 0 radical (unpaired) electrons. The summed E-state index contributed by atoms with van der Waals surface area (Å²) in [5, 5.41) is 0. The summed E-state index contributed by atoms with van der Waals surface area (Å²) < 4.78 is 18.2. The molecule has 0 amide bonds. The summed E-state index contributed by atoms with van der Waals surface area (Å²) in [5.41, 5.74) is 1.09. The van der Waals surface area contributed by atoms with Crippen molar-refractivity contribution in [1.29, 1.82) is 0 Å². The van der Waals surface area contributed by atoms with Crippen LogP contribution in [0.1, 0.15) is 5.56 Å². The second-order valence-corrected chi connectivity index (χ2v) is 4.31. The summed E-state index contributed by atoms with van der Waals surface area (Å²) >= 11 is 0. The van der Waals surface area contributed by atoms with E-state index in [1.165, 1.54) is 0 Å². The molecule has 0 bridgehead atoms. The normalized spacial score (nSPS) is 15.8. The SMILES string of the molecule is C=S(=O)([OH2+])c1ccc(C)cc1. The van der Waals surface area contributed by atoms with Crippen molar-refractivity contribution in [3.63, 3.8) is 0 Å². The molecule has 0 heterocycles. The van der Waals surface area contributed by atoms with Crippen LogP contribution in [0.2, 0.25) is 0 Å². The van der Waals surface area contributed by atoms with E-state index >= 15 is 0 Å². The summed E-state index contributed by atoms with van der Waals surface area (Å²) in [4.78, 5) is 0.489. The molecule has 0 spiro atoms. The Morgan fingerprint density at radius 1 is 1.36 bits per heavy atom. The van der Waals surface area contributed by atoms with Crippen molar-refractivity contribution in [3.8, 4) is 0 Å². The van der Waals surface area contributed by atoms with Gasteiger partial charge in [0, 0.05) is 5.87 Å². The molecule has 0 saturated carbocycles. The molecule has 0 aromatic heterocycles. The van der Waals surface area contributed by atoms with Gasteiger partial charge in [0.1, 0.15) is 4.90 Å². The molecule has 3 heteroatoms. The number of hydrogen-bond acceptors (Lipinski definition) is 1. The lowest BCUT2D eigenvalue weighted by molar-refractivity contribution is 0.560. The van der Waals surface area contributed by atoms with E-state index in [0.717, 1.165) is 5.56 Å². The first-order chi connectivity index (χ1) is 5.00. The number of aryl methyl sites for hydroxylation is 1. The molecule has 0 aliphatic rings. The molecule has 0 aliphatic carbocycles. The van der Waals surface area contributed by atoms with E-state index in [2.05, 4.69) is 5.87 Å². The third-order valence-electron chi connectivity index (χ3n) is 1.40. The molecule has 0 aliphatic heterocycles. The van der Waals surface area contributed by atoms with Crippen molar-refractivity contribution in [1.82, 2.24) is 0 Å². The number of benzene rings is 1. The third-order valence-corrected chi connectivity index (χ3v) is 2.44. The van der Waals surface area contributed by atoms with Crippen LogP contribution in [0.25, 0.3) is 0 Å². The quantitative estimate of drug-likeness (QED) is 0.453. The zero-order valence-corrected chi connectivity index (χ0v) is 7.15. The van der Waals surface area contributed by atoms with Crippen LogP contribution in [-0.2, 0) is 9.80 Å².